The molecule has 1 heterocycles. The van der Waals surface area contributed by atoms with Crippen LogP contribution in [0.5, 0.6) is 0 Å². The second-order valence-electron chi connectivity index (χ2n) is 4.05. The van der Waals surface area contributed by atoms with Gasteiger partial charge in [0.15, 0.2) is 0 Å². The molecule has 0 amide bonds. The molecule has 0 aromatic carbocycles. The normalized spacial score (nSPS) is 12.4. The summed E-state index contributed by atoms with van der Waals surface area (Å²) in [6.45, 7) is 7.86. The van der Waals surface area contributed by atoms with Crippen LogP contribution in [0.2, 0.25) is 0 Å². The zero-order valence-electron chi connectivity index (χ0n) is 10.3. The van der Waals surface area contributed by atoms with E-state index < -0.39 is 0 Å². The fraction of sp³-hybridized carbons (Fsp3) is 0.667. The molecule has 0 bridgehead atoms. The molecule has 1 aromatic rings. The fourth-order valence-electron chi connectivity index (χ4n) is 1.69. The molecule has 0 saturated carbocycles. The average molecular weight is 220 g/mol. The number of aryl methyl sites for hydroxylation is 3. The van der Waals surface area contributed by atoms with Crippen molar-refractivity contribution in [1.82, 2.24) is 15.1 Å². The molecule has 0 spiro atoms. The molecule has 4 heteroatoms. The molecule has 0 aliphatic carbocycles. The summed E-state index contributed by atoms with van der Waals surface area (Å²) in [6.07, 6.45) is 1.86. The standard InChI is InChI=1S/C12H20N4/c1-4-12(9-13)14-6-5-7-16-11(3)8-10(2)15-16/h8,12,14H,4-7H2,1-3H3. The lowest BCUT2D eigenvalue weighted by molar-refractivity contribution is 0.507. The molecule has 4 nitrogen and oxygen atoms in total. The maximum absolute atomic E-state index is 8.76. The molecule has 1 N–H and O–H groups in total. The number of hydrogen-bond donors (Lipinski definition) is 1. The zero-order chi connectivity index (χ0) is 12.0. The molecule has 1 unspecified atom stereocenters. The van der Waals surface area contributed by atoms with Crippen LogP contribution in [0.1, 0.15) is 31.2 Å². The molecule has 0 aliphatic heterocycles. The van der Waals surface area contributed by atoms with Gasteiger partial charge in [0.05, 0.1) is 17.8 Å². The summed E-state index contributed by atoms with van der Waals surface area (Å²) in [5, 5.41) is 16.4. The van der Waals surface area contributed by atoms with E-state index in [4.69, 9.17) is 5.26 Å². The lowest BCUT2D eigenvalue weighted by atomic mass is 10.2. The zero-order valence-corrected chi connectivity index (χ0v) is 10.3. The van der Waals surface area contributed by atoms with Gasteiger partial charge >= 0.3 is 0 Å². The van der Waals surface area contributed by atoms with Crippen LogP contribution in [0.25, 0.3) is 0 Å². The van der Waals surface area contributed by atoms with E-state index in [0.29, 0.717) is 0 Å². The summed E-state index contributed by atoms with van der Waals surface area (Å²) >= 11 is 0. The van der Waals surface area contributed by atoms with E-state index in [1.165, 1.54) is 5.69 Å². The van der Waals surface area contributed by atoms with Crippen LogP contribution < -0.4 is 5.32 Å². The van der Waals surface area contributed by atoms with Crippen molar-refractivity contribution in [1.29, 1.82) is 5.26 Å². The van der Waals surface area contributed by atoms with E-state index in [1.807, 2.05) is 18.5 Å². The van der Waals surface area contributed by atoms with Crippen molar-refractivity contribution in [2.75, 3.05) is 6.54 Å². The molecule has 0 aliphatic rings. The third-order valence-corrected chi connectivity index (χ3v) is 2.60. The number of hydrogen-bond acceptors (Lipinski definition) is 3. The Morgan fingerprint density at radius 2 is 2.31 bits per heavy atom. The second kappa shape index (κ2) is 6.29. The summed E-state index contributed by atoms with van der Waals surface area (Å²) in [6, 6.07) is 4.30. The molecule has 1 aromatic heterocycles. The minimum Gasteiger partial charge on any atom is -0.302 e. The monoisotopic (exact) mass is 220 g/mol. The highest BCUT2D eigenvalue weighted by molar-refractivity contribution is 5.06. The van der Waals surface area contributed by atoms with Gasteiger partial charge in [-0.15, -0.1) is 0 Å². The third kappa shape index (κ3) is 3.67. The summed E-state index contributed by atoms with van der Waals surface area (Å²) < 4.78 is 2.02. The van der Waals surface area contributed by atoms with Crippen LogP contribution in [0.3, 0.4) is 0 Å². The van der Waals surface area contributed by atoms with Crippen LogP contribution in [0.4, 0.5) is 0 Å². The van der Waals surface area contributed by atoms with E-state index in [2.05, 4.69) is 29.5 Å². The maximum Gasteiger partial charge on any atom is 0.0950 e. The Labute approximate surface area is 97.3 Å². The number of nitriles is 1. The third-order valence-electron chi connectivity index (χ3n) is 2.60. The lowest BCUT2D eigenvalue weighted by Crippen LogP contribution is -2.28. The van der Waals surface area contributed by atoms with Crippen LogP contribution in [0.15, 0.2) is 6.07 Å². The molecule has 0 saturated heterocycles. The van der Waals surface area contributed by atoms with E-state index in [-0.39, 0.29) is 6.04 Å². The number of rotatable bonds is 6. The first-order chi connectivity index (χ1) is 7.67. The average Bonchev–Trinajstić information content (AvgIpc) is 2.58. The van der Waals surface area contributed by atoms with Crippen molar-refractivity contribution >= 4 is 0 Å². The van der Waals surface area contributed by atoms with Gasteiger partial charge in [0.2, 0.25) is 0 Å². The Bertz CT molecular complexity index is 362. The highest BCUT2D eigenvalue weighted by atomic mass is 15.3. The van der Waals surface area contributed by atoms with Crippen LogP contribution in [-0.4, -0.2) is 22.4 Å². The summed E-state index contributed by atoms with van der Waals surface area (Å²) in [5.74, 6) is 0. The first-order valence-electron chi connectivity index (χ1n) is 5.81. The van der Waals surface area contributed by atoms with Gasteiger partial charge in [-0.3, -0.25) is 4.68 Å². The van der Waals surface area contributed by atoms with Gasteiger partial charge in [-0.1, -0.05) is 6.92 Å². The van der Waals surface area contributed by atoms with Crippen molar-refractivity contribution in [3.05, 3.63) is 17.5 Å². The number of nitrogens with one attached hydrogen (secondary N) is 1. The molecular formula is C12H20N4. The van der Waals surface area contributed by atoms with Crippen molar-refractivity contribution in [3.8, 4) is 6.07 Å². The molecule has 0 fully saturated rings. The Kier molecular flexibility index (Phi) is 5.00. The predicted molar refractivity (Wildman–Crippen MR) is 64.0 cm³/mol. The maximum atomic E-state index is 8.76. The fourth-order valence-corrected chi connectivity index (χ4v) is 1.69. The minimum absolute atomic E-state index is 0.0135. The smallest absolute Gasteiger partial charge is 0.0950 e. The molecule has 16 heavy (non-hydrogen) atoms. The van der Waals surface area contributed by atoms with Gasteiger partial charge in [-0.25, -0.2) is 0 Å². The van der Waals surface area contributed by atoms with Gasteiger partial charge < -0.3 is 5.32 Å². The molecular weight excluding hydrogens is 200 g/mol. The van der Waals surface area contributed by atoms with Crippen LogP contribution in [0, 0.1) is 25.2 Å². The van der Waals surface area contributed by atoms with Crippen LogP contribution >= 0.6 is 0 Å². The largest absolute Gasteiger partial charge is 0.302 e. The minimum atomic E-state index is -0.0135. The van der Waals surface area contributed by atoms with Crippen LogP contribution in [-0.2, 0) is 6.54 Å². The Hall–Kier alpha value is -1.34. The highest BCUT2D eigenvalue weighted by Gasteiger charge is 2.03. The number of nitrogens with zero attached hydrogens (tertiary/aromatic N) is 3. The van der Waals surface area contributed by atoms with E-state index in [0.717, 1.165) is 31.6 Å². The quantitative estimate of drug-likeness (QED) is 0.743. The Morgan fingerprint density at radius 1 is 1.56 bits per heavy atom. The molecule has 0 radical (unpaired) electrons. The summed E-state index contributed by atoms with van der Waals surface area (Å²) in [7, 11) is 0. The SMILES string of the molecule is CCC(C#N)NCCCn1nc(C)cc1C. The van der Waals surface area contributed by atoms with Gasteiger partial charge in [0.1, 0.15) is 0 Å². The first kappa shape index (κ1) is 12.7. The van der Waals surface area contributed by atoms with Gasteiger partial charge in [-0.2, -0.15) is 10.4 Å². The first-order valence-corrected chi connectivity index (χ1v) is 5.81. The van der Waals surface area contributed by atoms with E-state index >= 15 is 0 Å². The summed E-state index contributed by atoms with van der Waals surface area (Å²) in [5.41, 5.74) is 2.26. The number of aromatic nitrogens is 2. The Balaban J connectivity index is 2.26. The van der Waals surface area contributed by atoms with Gasteiger partial charge in [0, 0.05) is 12.2 Å². The molecule has 1 atom stereocenters. The predicted octanol–water partition coefficient (Wildman–Crippen LogP) is 1.78. The topological polar surface area (TPSA) is 53.6 Å². The lowest BCUT2D eigenvalue weighted by Gasteiger charge is -2.09. The second-order valence-corrected chi connectivity index (χ2v) is 4.05. The molecule has 1 rings (SSSR count). The van der Waals surface area contributed by atoms with Gasteiger partial charge in [0.25, 0.3) is 0 Å². The highest BCUT2D eigenvalue weighted by Crippen LogP contribution is 2.02. The van der Waals surface area contributed by atoms with Crippen molar-refractivity contribution in [2.24, 2.45) is 0 Å². The van der Waals surface area contributed by atoms with E-state index in [1.54, 1.807) is 0 Å². The van der Waals surface area contributed by atoms with E-state index in [9.17, 15) is 0 Å². The molecule has 88 valence electrons. The van der Waals surface area contributed by atoms with Crippen molar-refractivity contribution in [3.63, 3.8) is 0 Å². The summed E-state index contributed by atoms with van der Waals surface area (Å²) in [4.78, 5) is 0. The Morgan fingerprint density at radius 3 is 2.81 bits per heavy atom. The van der Waals surface area contributed by atoms with Crippen molar-refractivity contribution < 1.29 is 0 Å². The van der Waals surface area contributed by atoms with Crippen molar-refractivity contribution in [2.45, 2.75) is 46.2 Å². The van der Waals surface area contributed by atoms with Gasteiger partial charge in [-0.05, 0) is 39.3 Å².